The summed E-state index contributed by atoms with van der Waals surface area (Å²) in [6.45, 7) is 11.7. The third kappa shape index (κ3) is 8.66. The van der Waals surface area contributed by atoms with E-state index in [0.29, 0.717) is 18.9 Å². The lowest BCUT2D eigenvalue weighted by atomic mass is 9.78. The van der Waals surface area contributed by atoms with Crippen molar-refractivity contribution in [2.45, 2.75) is 59.2 Å². The summed E-state index contributed by atoms with van der Waals surface area (Å²) < 4.78 is 6.07. The largest absolute Gasteiger partial charge is 0.391 e. The van der Waals surface area contributed by atoms with E-state index in [-0.39, 0.29) is 35.5 Å². The van der Waals surface area contributed by atoms with Crippen LogP contribution in [-0.2, 0) is 11.2 Å². The summed E-state index contributed by atoms with van der Waals surface area (Å²) in [6, 6.07) is 10.0. The first-order valence-electron chi connectivity index (χ1n) is 10.3. The molecule has 0 radical (unpaired) electrons. The van der Waals surface area contributed by atoms with Crippen molar-refractivity contribution in [2.24, 2.45) is 16.3 Å². The number of hydrogen-bond acceptors (Lipinski definition) is 3. The lowest BCUT2D eigenvalue weighted by Crippen LogP contribution is -2.47. The molecule has 2 rings (SSSR count). The number of aliphatic imine (C=N–C) groups is 1. The predicted molar refractivity (Wildman–Crippen MR) is 127 cm³/mol. The molecule has 0 aliphatic carbocycles. The van der Waals surface area contributed by atoms with Gasteiger partial charge in [0.15, 0.2) is 5.96 Å². The molecule has 0 spiro atoms. The Bertz CT molecular complexity index is 575. The molecule has 0 amide bonds. The van der Waals surface area contributed by atoms with E-state index in [4.69, 9.17) is 4.74 Å². The van der Waals surface area contributed by atoms with Crippen molar-refractivity contribution in [2.75, 3.05) is 26.2 Å². The average molecular weight is 503 g/mol. The Morgan fingerprint density at radius 1 is 1.25 bits per heavy atom. The molecule has 1 aliphatic heterocycles. The molecule has 1 aromatic carbocycles. The Morgan fingerprint density at radius 3 is 2.61 bits per heavy atom. The van der Waals surface area contributed by atoms with E-state index in [0.717, 1.165) is 37.6 Å². The second-order valence-corrected chi connectivity index (χ2v) is 8.50. The Hall–Kier alpha value is -0.860. The van der Waals surface area contributed by atoms with E-state index in [1.165, 1.54) is 6.42 Å². The smallest absolute Gasteiger partial charge is 0.191 e. The second-order valence-electron chi connectivity index (χ2n) is 8.50. The maximum Gasteiger partial charge on any atom is 0.191 e. The monoisotopic (exact) mass is 503 g/mol. The topological polar surface area (TPSA) is 65.9 Å². The van der Waals surface area contributed by atoms with Crippen molar-refractivity contribution in [1.29, 1.82) is 0 Å². The molecule has 160 valence electrons. The zero-order chi connectivity index (χ0) is 19.7. The van der Waals surface area contributed by atoms with Gasteiger partial charge in [0.25, 0.3) is 0 Å². The van der Waals surface area contributed by atoms with Gasteiger partial charge in [0.2, 0.25) is 0 Å². The quantitative estimate of drug-likeness (QED) is 0.302. The van der Waals surface area contributed by atoms with Gasteiger partial charge in [0.1, 0.15) is 0 Å². The van der Waals surface area contributed by atoms with E-state index >= 15 is 0 Å². The lowest BCUT2D eigenvalue weighted by molar-refractivity contribution is -0.0835. The summed E-state index contributed by atoms with van der Waals surface area (Å²) in [5.74, 6) is 1.24. The van der Waals surface area contributed by atoms with Crippen LogP contribution in [0.5, 0.6) is 0 Å². The first-order chi connectivity index (χ1) is 12.9. The van der Waals surface area contributed by atoms with E-state index in [1.54, 1.807) is 0 Å². The molecule has 0 saturated carbocycles. The molecule has 3 unspecified atom stereocenters. The number of rotatable bonds is 7. The Kier molecular flexibility index (Phi) is 11.4. The Balaban J connectivity index is 0.00000392. The van der Waals surface area contributed by atoms with Gasteiger partial charge in [-0.25, -0.2) is 0 Å². The van der Waals surface area contributed by atoms with Crippen LogP contribution in [-0.4, -0.2) is 49.5 Å². The molecule has 1 heterocycles. The normalized spacial score (nSPS) is 21.5. The third-order valence-corrected chi connectivity index (χ3v) is 4.95. The SMILES string of the molecule is CCNC(=NCC(O)Cc1ccccc1)NCC1CCCOC1C(C)(C)C.I. The number of halogens is 1. The highest BCUT2D eigenvalue weighted by Crippen LogP contribution is 2.33. The van der Waals surface area contributed by atoms with Crippen LogP contribution in [0.2, 0.25) is 0 Å². The standard InChI is InChI=1S/C22H37N3O2.HI/c1-5-23-21(25-16-19(26)14-17-10-7-6-8-11-17)24-15-18-12-9-13-27-20(18)22(2,3)4;/h6-8,10-11,18-20,26H,5,9,12-16H2,1-4H3,(H2,23,24,25);1H. The summed E-state index contributed by atoms with van der Waals surface area (Å²) >= 11 is 0. The summed E-state index contributed by atoms with van der Waals surface area (Å²) in [6.07, 6.45) is 2.67. The number of nitrogens with one attached hydrogen (secondary N) is 2. The maximum atomic E-state index is 10.3. The van der Waals surface area contributed by atoms with Gasteiger partial charge in [0.05, 0.1) is 18.8 Å². The van der Waals surface area contributed by atoms with Crippen molar-refractivity contribution >= 4 is 29.9 Å². The first-order valence-corrected chi connectivity index (χ1v) is 10.3. The number of hydrogen-bond donors (Lipinski definition) is 3. The number of aliphatic hydroxyl groups excluding tert-OH is 1. The molecule has 3 atom stereocenters. The van der Waals surface area contributed by atoms with Gasteiger partial charge in [-0.2, -0.15) is 0 Å². The highest BCUT2D eigenvalue weighted by atomic mass is 127. The zero-order valence-electron chi connectivity index (χ0n) is 17.8. The van der Waals surface area contributed by atoms with Crippen LogP contribution >= 0.6 is 24.0 Å². The summed E-state index contributed by atoms with van der Waals surface area (Å²) in [5.41, 5.74) is 1.26. The van der Waals surface area contributed by atoms with Crippen molar-refractivity contribution in [3.63, 3.8) is 0 Å². The molecule has 1 aromatic rings. The third-order valence-electron chi connectivity index (χ3n) is 4.95. The van der Waals surface area contributed by atoms with Crippen LogP contribution in [0, 0.1) is 11.3 Å². The molecule has 1 aliphatic rings. The fourth-order valence-electron chi connectivity index (χ4n) is 3.73. The lowest BCUT2D eigenvalue weighted by Gasteiger charge is -2.40. The number of guanidine groups is 1. The van der Waals surface area contributed by atoms with Gasteiger partial charge in [-0.15, -0.1) is 24.0 Å². The van der Waals surface area contributed by atoms with Crippen molar-refractivity contribution in [3.8, 4) is 0 Å². The highest BCUT2D eigenvalue weighted by Gasteiger charge is 2.35. The van der Waals surface area contributed by atoms with E-state index in [1.807, 2.05) is 30.3 Å². The molecule has 1 saturated heterocycles. The van der Waals surface area contributed by atoms with Crippen molar-refractivity contribution in [3.05, 3.63) is 35.9 Å². The summed E-state index contributed by atoms with van der Waals surface area (Å²) in [4.78, 5) is 4.58. The first kappa shape index (κ1) is 25.2. The molecule has 0 aromatic heterocycles. The van der Waals surface area contributed by atoms with Crippen LogP contribution in [0.4, 0.5) is 0 Å². The van der Waals surface area contributed by atoms with Gasteiger partial charge in [-0.3, -0.25) is 4.99 Å². The Labute approximate surface area is 187 Å². The number of benzene rings is 1. The maximum absolute atomic E-state index is 10.3. The number of nitrogens with zero attached hydrogens (tertiary/aromatic N) is 1. The summed E-state index contributed by atoms with van der Waals surface area (Å²) in [5, 5.41) is 17.0. The van der Waals surface area contributed by atoms with Crippen molar-refractivity contribution < 1.29 is 9.84 Å². The average Bonchev–Trinajstić information content (AvgIpc) is 2.64. The van der Waals surface area contributed by atoms with Crippen molar-refractivity contribution in [1.82, 2.24) is 10.6 Å². The number of ether oxygens (including phenoxy) is 1. The fraction of sp³-hybridized carbons (Fsp3) is 0.682. The van der Waals surface area contributed by atoms with Crippen LogP contribution in [0.15, 0.2) is 35.3 Å². The second kappa shape index (κ2) is 12.6. The highest BCUT2D eigenvalue weighted by molar-refractivity contribution is 14.0. The van der Waals surface area contributed by atoms with Gasteiger partial charge in [0, 0.05) is 32.0 Å². The van der Waals surface area contributed by atoms with Gasteiger partial charge in [-0.1, -0.05) is 51.1 Å². The minimum absolute atomic E-state index is 0. The molecule has 6 heteroatoms. The van der Waals surface area contributed by atoms with E-state index in [9.17, 15) is 5.11 Å². The molecule has 28 heavy (non-hydrogen) atoms. The van der Waals surface area contributed by atoms with Crippen LogP contribution in [0.25, 0.3) is 0 Å². The van der Waals surface area contributed by atoms with Gasteiger partial charge >= 0.3 is 0 Å². The van der Waals surface area contributed by atoms with Crippen LogP contribution in [0.3, 0.4) is 0 Å². The fourth-order valence-corrected chi connectivity index (χ4v) is 3.73. The Morgan fingerprint density at radius 2 is 1.96 bits per heavy atom. The molecular formula is C22H38IN3O2. The predicted octanol–water partition coefficient (Wildman–Crippen LogP) is 3.60. The number of aliphatic hydroxyl groups is 1. The molecular weight excluding hydrogens is 465 g/mol. The molecule has 0 bridgehead atoms. The van der Waals surface area contributed by atoms with E-state index < -0.39 is 6.10 Å². The molecule has 3 N–H and O–H groups in total. The van der Waals surface area contributed by atoms with E-state index in [2.05, 4.69) is 43.3 Å². The molecule has 1 fully saturated rings. The van der Waals surface area contributed by atoms with Crippen LogP contribution < -0.4 is 10.6 Å². The minimum atomic E-state index is -0.483. The van der Waals surface area contributed by atoms with Crippen LogP contribution in [0.1, 0.15) is 46.1 Å². The molecule has 5 nitrogen and oxygen atoms in total. The minimum Gasteiger partial charge on any atom is -0.391 e. The van der Waals surface area contributed by atoms with Gasteiger partial charge in [-0.05, 0) is 30.7 Å². The zero-order valence-corrected chi connectivity index (χ0v) is 20.1. The summed E-state index contributed by atoms with van der Waals surface area (Å²) in [7, 11) is 0. The van der Waals surface area contributed by atoms with Gasteiger partial charge < -0.3 is 20.5 Å².